The molecular weight excluding hydrogens is 138 g/mol. The number of carbonyl (C=O) groups is 1. The van der Waals surface area contributed by atoms with Gasteiger partial charge < -0.3 is 5.73 Å². The molecule has 0 aromatic rings. The summed E-state index contributed by atoms with van der Waals surface area (Å²) in [5.74, 6) is 0.254. The molecule has 1 atom stereocenters. The Morgan fingerprint density at radius 1 is 1.55 bits per heavy atom. The maximum atomic E-state index is 11.2. The van der Waals surface area contributed by atoms with E-state index in [0.29, 0.717) is 13.0 Å². The van der Waals surface area contributed by atoms with E-state index >= 15 is 0 Å². The predicted octanol–water partition coefficient (Wildman–Crippen LogP) is 1.51. The quantitative estimate of drug-likeness (QED) is 0.611. The highest BCUT2D eigenvalue weighted by atomic mass is 16.1. The standard InChI is InChI=1S/C9H17NO/c1-7(2)4-5-9(11)8(3)6-10/h8H,1,4-6,10H2,2-3H3. The van der Waals surface area contributed by atoms with Crippen molar-refractivity contribution in [2.45, 2.75) is 26.7 Å². The topological polar surface area (TPSA) is 43.1 Å². The first-order valence-electron chi connectivity index (χ1n) is 3.95. The minimum absolute atomic E-state index is 0.00866. The Balaban J connectivity index is 3.60. The fourth-order valence-electron chi connectivity index (χ4n) is 0.714. The number of Topliss-reactive ketones (excluding diaryl/α,β-unsaturated/α-hetero) is 1. The van der Waals surface area contributed by atoms with Crippen LogP contribution in [-0.2, 0) is 4.79 Å². The van der Waals surface area contributed by atoms with E-state index in [1.807, 2.05) is 13.8 Å². The van der Waals surface area contributed by atoms with Gasteiger partial charge in [0.15, 0.2) is 0 Å². The maximum absolute atomic E-state index is 11.2. The van der Waals surface area contributed by atoms with Gasteiger partial charge in [-0.15, -0.1) is 6.58 Å². The SMILES string of the molecule is C=C(C)CCC(=O)C(C)CN. The van der Waals surface area contributed by atoms with Crippen LogP contribution in [0.1, 0.15) is 26.7 Å². The summed E-state index contributed by atoms with van der Waals surface area (Å²) in [4.78, 5) is 11.2. The zero-order valence-corrected chi connectivity index (χ0v) is 7.39. The average molecular weight is 155 g/mol. The third-order valence-corrected chi connectivity index (χ3v) is 1.70. The van der Waals surface area contributed by atoms with Gasteiger partial charge in [-0.1, -0.05) is 12.5 Å². The predicted molar refractivity (Wildman–Crippen MR) is 47.3 cm³/mol. The average Bonchev–Trinajstić information content (AvgIpc) is 1.98. The zero-order chi connectivity index (χ0) is 8.85. The van der Waals surface area contributed by atoms with Crippen LogP contribution in [0.2, 0.25) is 0 Å². The third kappa shape index (κ3) is 4.73. The van der Waals surface area contributed by atoms with Gasteiger partial charge in [0.25, 0.3) is 0 Å². The van der Waals surface area contributed by atoms with Gasteiger partial charge in [-0.05, 0) is 13.3 Å². The summed E-state index contributed by atoms with van der Waals surface area (Å²) in [6.45, 7) is 7.97. The van der Waals surface area contributed by atoms with Gasteiger partial charge in [-0.25, -0.2) is 0 Å². The molecule has 2 heteroatoms. The summed E-state index contributed by atoms with van der Waals surface area (Å²) in [5, 5.41) is 0. The van der Waals surface area contributed by atoms with Crippen molar-refractivity contribution in [1.82, 2.24) is 0 Å². The molecule has 0 saturated heterocycles. The number of allylic oxidation sites excluding steroid dienone is 1. The highest BCUT2D eigenvalue weighted by molar-refractivity contribution is 5.81. The van der Waals surface area contributed by atoms with Crippen molar-refractivity contribution in [3.8, 4) is 0 Å². The Labute approximate surface area is 68.5 Å². The molecule has 2 nitrogen and oxygen atoms in total. The summed E-state index contributed by atoms with van der Waals surface area (Å²) >= 11 is 0. The van der Waals surface area contributed by atoms with Crippen LogP contribution < -0.4 is 5.73 Å². The molecule has 0 aliphatic heterocycles. The largest absolute Gasteiger partial charge is 0.330 e. The lowest BCUT2D eigenvalue weighted by Crippen LogP contribution is -2.20. The third-order valence-electron chi connectivity index (χ3n) is 1.70. The molecule has 0 radical (unpaired) electrons. The molecule has 0 aliphatic carbocycles. The van der Waals surface area contributed by atoms with Crippen molar-refractivity contribution in [3.05, 3.63) is 12.2 Å². The maximum Gasteiger partial charge on any atom is 0.137 e. The van der Waals surface area contributed by atoms with Crippen molar-refractivity contribution in [3.63, 3.8) is 0 Å². The molecule has 0 aromatic carbocycles. The van der Waals surface area contributed by atoms with Crippen molar-refractivity contribution in [2.24, 2.45) is 11.7 Å². The highest BCUT2D eigenvalue weighted by Crippen LogP contribution is 2.05. The normalized spacial score (nSPS) is 12.6. The van der Waals surface area contributed by atoms with E-state index in [1.165, 1.54) is 0 Å². The minimum atomic E-state index is 0.00866. The molecule has 0 heterocycles. The monoisotopic (exact) mass is 155 g/mol. The van der Waals surface area contributed by atoms with E-state index in [-0.39, 0.29) is 11.7 Å². The summed E-state index contributed by atoms with van der Waals surface area (Å²) in [6.07, 6.45) is 1.39. The molecule has 0 rings (SSSR count). The number of hydrogen-bond donors (Lipinski definition) is 1. The van der Waals surface area contributed by atoms with Gasteiger partial charge in [0.2, 0.25) is 0 Å². The Morgan fingerprint density at radius 3 is 2.45 bits per heavy atom. The van der Waals surface area contributed by atoms with Gasteiger partial charge in [-0.3, -0.25) is 4.79 Å². The lowest BCUT2D eigenvalue weighted by atomic mass is 10.0. The van der Waals surface area contributed by atoms with Crippen LogP contribution in [0.25, 0.3) is 0 Å². The second kappa shape index (κ2) is 5.08. The number of rotatable bonds is 5. The molecular formula is C9H17NO. The summed E-state index contributed by atoms with van der Waals surface area (Å²) in [6, 6.07) is 0. The molecule has 11 heavy (non-hydrogen) atoms. The Morgan fingerprint density at radius 2 is 2.09 bits per heavy atom. The molecule has 0 bridgehead atoms. The summed E-state index contributed by atoms with van der Waals surface area (Å²) < 4.78 is 0. The van der Waals surface area contributed by atoms with Crippen LogP contribution in [0.5, 0.6) is 0 Å². The molecule has 0 amide bonds. The Kier molecular flexibility index (Phi) is 4.79. The van der Waals surface area contributed by atoms with Crippen LogP contribution in [0.3, 0.4) is 0 Å². The molecule has 1 unspecified atom stereocenters. The number of carbonyl (C=O) groups excluding carboxylic acids is 1. The fourth-order valence-corrected chi connectivity index (χ4v) is 0.714. The van der Waals surface area contributed by atoms with Crippen molar-refractivity contribution in [1.29, 1.82) is 0 Å². The van der Waals surface area contributed by atoms with E-state index < -0.39 is 0 Å². The number of nitrogens with two attached hydrogens (primary N) is 1. The van der Waals surface area contributed by atoms with E-state index in [9.17, 15) is 4.79 Å². The molecule has 0 spiro atoms. The van der Waals surface area contributed by atoms with Gasteiger partial charge in [0.1, 0.15) is 5.78 Å². The second-order valence-corrected chi connectivity index (χ2v) is 3.06. The lowest BCUT2D eigenvalue weighted by molar-refractivity contribution is -0.122. The van der Waals surface area contributed by atoms with Crippen molar-refractivity contribution in [2.75, 3.05) is 6.54 Å². The van der Waals surface area contributed by atoms with E-state index in [4.69, 9.17) is 5.73 Å². The van der Waals surface area contributed by atoms with Gasteiger partial charge in [-0.2, -0.15) is 0 Å². The molecule has 64 valence electrons. The van der Waals surface area contributed by atoms with E-state index in [1.54, 1.807) is 0 Å². The van der Waals surface area contributed by atoms with Crippen LogP contribution >= 0.6 is 0 Å². The summed E-state index contributed by atoms with van der Waals surface area (Å²) in [5.41, 5.74) is 6.39. The van der Waals surface area contributed by atoms with Gasteiger partial charge in [0.05, 0.1) is 0 Å². The molecule has 2 N–H and O–H groups in total. The summed E-state index contributed by atoms with van der Waals surface area (Å²) in [7, 11) is 0. The first kappa shape index (κ1) is 10.4. The van der Waals surface area contributed by atoms with Crippen LogP contribution in [-0.4, -0.2) is 12.3 Å². The molecule has 0 aromatic heterocycles. The van der Waals surface area contributed by atoms with Crippen LogP contribution in [0, 0.1) is 5.92 Å². The number of hydrogen-bond acceptors (Lipinski definition) is 2. The molecule has 0 aliphatic rings. The fraction of sp³-hybridized carbons (Fsp3) is 0.667. The number of ketones is 1. The smallest absolute Gasteiger partial charge is 0.137 e. The zero-order valence-electron chi connectivity index (χ0n) is 7.39. The Bertz CT molecular complexity index is 152. The van der Waals surface area contributed by atoms with Gasteiger partial charge in [0, 0.05) is 18.9 Å². The van der Waals surface area contributed by atoms with Crippen molar-refractivity contribution < 1.29 is 4.79 Å². The highest BCUT2D eigenvalue weighted by Gasteiger charge is 2.09. The van der Waals surface area contributed by atoms with Crippen LogP contribution in [0.4, 0.5) is 0 Å². The lowest BCUT2D eigenvalue weighted by Gasteiger charge is -2.05. The van der Waals surface area contributed by atoms with Crippen molar-refractivity contribution >= 4 is 5.78 Å². The molecule has 0 saturated carbocycles. The Hall–Kier alpha value is -0.630. The second-order valence-electron chi connectivity index (χ2n) is 3.06. The van der Waals surface area contributed by atoms with E-state index in [0.717, 1.165) is 12.0 Å². The molecule has 0 fully saturated rings. The minimum Gasteiger partial charge on any atom is -0.330 e. The van der Waals surface area contributed by atoms with Gasteiger partial charge >= 0.3 is 0 Å². The van der Waals surface area contributed by atoms with E-state index in [2.05, 4.69) is 6.58 Å². The first-order valence-corrected chi connectivity index (χ1v) is 3.95. The van der Waals surface area contributed by atoms with Crippen LogP contribution in [0.15, 0.2) is 12.2 Å². The first-order chi connectivity index (χ1) is 5.07.